The van der Waals surface area contributed by atoms with E-state index in [1.807, 2.05) is 0 Å². The number of amides is 1. The molecule has 0 saturated heterocycles. The quantitative estimate of drug-likeness (QED) is 0.223. The Labute approximate surface area is 204 Å². The Hall–Kier alpha value is -2.59. The smallest absolute Gasteiger partial charge is 0.274 e. The van der Waals surface area contributed by atoms with Gasteiger partial charge in [-0.25, -0.2) is 14.2 Å². The van der Waals surface area contributed by atoms with Crippen LogP contribution in [-0.4, -0.2) is 12.1 Å². The average Bonchev–Trinajstić information content (AvgIpc) is 2.74. The van der Waals surface area contributed by atoms with E-state index in [-0.39, 0.29) is 23.6 Å². The lowest BCUT2D eigenvalue weighted by molar-refractivity contribution is 0.0951. The largest absolute Gasteiger partial charge is 0.487 e. The summed E-state index contributed by atoms with van der Waals surface area (Å²) in [6.45, 7) is 0.0956. The summed E-state index contributed by atoms with van der Waals surface area (Å²) in [6.07, 6.45) is 1.42. The van der Waals surface area contributed by atoms with Crippen molar-refractivity contribution in [3.8, 4) is 11.8 Å². The van der Waals surface area contributed by atoms with Gasteiger partial charge in [-0.1, -0.05) is 18.2 Å². The molecule has 156 valence electrons. The first-order chi connectivity index (χ1) is 14.9. The highest BCUT2D eigenvalue weighted by molar-refractivity contribution is 14.1. The maximum absolute atomic E-state index is 13.9. The fraction of sp³-hybridized carbons (Fsp3) is 0.0455. The van der Waals surface area contributed by atoms with E-state index in [1.54, 1.807) is 36.4 Å². The molecule has 0 radical (unpaired) electrons. The second-order valence-corrected chi connectivity index (χ2v) is 8.52. The zero-order valence-corrected chi connectivity index (χ0v) is 20.0. The first-order valence-corrected chi connectivity index (χ1v) is 10.9. The number of hydrazone groups is 1. The van der Waals surface area contributed by atoms with Crippen LogP contribution in [0.3, 0.4) is 0 Å². The maximum atomic E-state index is 13.9. The summed E-state index contributed by atoms with van der Waals surface area (Å²) in [7, 11) is 0. The standard InChI is InChI=1S/C22H13F2I2N3O2/c23-17-4-2-1-3-15(17)12-31-21-19(25)8-14(9-20(21)26)11-28-29-22(30)16-6-5-13(10-27)7-18(16)24/h1-9,11H,12H2,(H,29,30)/b28-11-. The summed E-state index contributed by atoms with van der Waals surface area (Å²) in [5.41, 5.74) is 3.32. The number of rotatable bonds is 6. The van der Waals surface area contributed by atoms with Crippen LogP contribution < -0.4 is 10.2 Å². The molecular weight excluding hydrogens is 630 g/mol. The lowest BCUT2D eigenvalue weighted by Gasteiger charge is -2.12. The first kappa shape index (κ1) is 23.1. The van der Waals surface area contributed by atoms with Gasteiger partial charge in [0.2, 0.25) is 0 Å². The van der Waals surface area contributed by atoms with E-state index < -0.39 is 11.7 Å². The van der Waals surface area contributed by atoms with E-state index >= 15 is 0 Å². The second-order valence-electron chi connectivity index (χ2n) is 6.20. The minimum Gasteiger partial charge on any atom is -0.487 e. The second kappa shape index (κ2) is 10.6. The molecular formula is C22H13F2I2N3O2. The van der Waals surface area contributed by atoms with Gasteiger partial charge in [-0.15, -0.1) is 0 Å². The van der Waals surface area contributed by atoms with E-state index in [0.717, 1.165) is 13.2 Å². The van der Waals surface area contributed by atoms with Crippen molar-refractivity contribution in [1.29, 1.82) is 5.26 Å². The molecule has 1 N–H and O–H groups in total. The number of nitrogens with zero attached hydrogens (tertiary/aromatic N) is 2. The number of hydrogen-bond donors (Lipinski definition) is 1. The highest BCUT2D eigenvalue weighted by atomic mass is 127. The number of nitrogens with one attached hydrogen (secondary N) is 1. The maximum Gasteiger partial charge on any atom is 0.274 e. The summed E-state index contributed by atoms with van der Waals surface area (Å²) < 4.78 is 35.0. The number of carbonyl (C=O) groups excluding carboxylic acids is 1. The number of carbonyl (C=O) groups is 1. The summed E-state index contributed by atoms with van der Waals surface area (Å²) in [6, 6.07) is 15.4. The van der Waals surface area contributed by atoms with Crippen LogP contribution >= 0.6 is 45.2 Å². The van der Waals surface area contributed by atoms with Gasteiger partial charge in [-0.05, 0) is 87.1 Å². The monoisotopic (exact) mass is 643 g/mol. The fourth-order valence-corrected chi connectivity index (χ4v) is 4.68. The van der Waals surface area contributed by atoms with Gasteiger partial charge < -0.3 is 4.74 Å². The van der Waals surface area contributed by atoms with Crippen LogP contribution in [0.15, 0.2) is 59.7 Å². The number of halogens is 4. The van der Waals surface area contributed by atoms with E-state index in [1.165, 1.54) is 24.4 Å². The van der Waals surface area contributed by atoms with Gasteiger partial charge in [-0.2, -0.15) is 10.4 Å². The molecule has 5 nitrogen and oxygen atoms in total. The van der Waals surface area contributed by atoms with E-state index in [9.17, 15) is 13.6 Å². The van der Waals surface area contributed by atoms with Gasteiger partial charge in [0.25, 0.3) is 5.91 Å². The molecule has 0 aromatic heterocycles. The van der Waals surface area contributed by atoms with Crippen LogP contribution in [-0.2, 0) is 6.61 Å². The van der Waals surface area contributed by atoms with Gasteiger partial charge >= 0.3 is 0 Å². The lowest BCUT2D eigenvalue weighted by Crippen LogP contribution is -2.19. The van der Waals surface area contributed by atoms with Crippen molar-refractivity contribution in [3.63, 3.8) is 0 Å². The summed E-state index contributed by atoms with van der Waals surface area (Å²) in [5.74, 6) is -1.24. The Morgan fingerprint density at radius 2 is 1.81 bits per heavy atom. The minimum absolute atomic E-state index is 0.0956. The van der Waals surface area contributed by atoms with Crippen molar-refractivity contribution in [2.45, 2.75) is 6.61 Å². The van der Waals surface area contributed by atoms with Crippen LogP contribution in [0.4, 0.5) is 8.78 Å². The molecule has 3 rings (SSSR count). The number of nitriles is 1. The molecule has 0 aliphatic heterocycles. The zero-order valence-electron chi connectivity index (χ0n) is 15.7. The normalized spacial score (nSPS) is 10.7. The average molecular weight is 643 g/mol. The molecule has 3 aromatic rings. The van der Waals surface area contributed by atoms with E-state index in [2.05, 4.69) is 55.7 Å². The van der Waals surface area contributed by atoms with Gasteiger partial charge in [0, 0.05) is 5.56 Å². The summed E-state index contributed by atoms with van der Waals surface area (Å²) in [5, 5.41) is 12.6. The van der Waals surface area contributed by atoms with Crippen molar-refractivity contribution in [2.24, 2.45) is 5.10 Å². The third-order valence-electron chi connectivity index (χ3n) is 4.07. The van der Waals surface area contributed by atoms with Crippen molar-refractivity contribution in [3.05, 3.63) is 95.6 Å². The Balaban J connectivity index is 1.67. The molecule has 0 unspecified atom stereocenters. The number of ether oxygens (including phenoxy) is 1. The molecule has 31 heavy (non-hydrogen) atoms. The molecule has 0 spiro atoms. The predicted molar refractivity (Wildman–Crippen MR) is 129 cm³/mol. The molecule has 3 aromatic carbocycles. The molecule has 0 aliphatic carbocycles. The first-order valence-electron chi connectivity index (χ1n) is 8.77. The summed E-state index contributed by atoms with van der Waals surface area (Å²) >= 11 is 4.20. The van der Waals surface area contributed by atoms with Crippen molar-refractivity contribution >= 4 is 57.3 Å². The lowest BCUT2D eigenvalue weighted by atomic mass is 10.1. The Kier molecular flexibility index (Phi) is 7.91. The Morgan fingerprint density at radius 1 is 1.10 bits per heavy atom. The van der Waals surface area contributed by atoms with E-state index in [0.29, 0.717) is 16.9 Å². The van der Waals surface area contributed by atoms with Gasteiger partial charge in [0.1, 0.15) is 24.0 Å². The molecule has 1 amide bonds. The predicted octanol–water partition coefficient (Wildman–Crippen LogP) is 5.39. The van der Waals surface area contributed by atoms with E-state index in [4.69, 9.17) is 10.00 Å². The minimum atomic E-state index is -0.799. The SMILES string of the molecule is N#Cc1ccc(C(=O)N/N=C\c2cc(I)c(OCc3ccccc3F)c(I)c2)c(F)c1. The third-order valence-corrected chi connectivity index (χ3v) is 5.68. The fourth-order valence-electron chi connectivity index (χ4n) is 2.55. The van der Waals surface area contributed by atoms with Crippen molar-refractivity contribution < 1.29 is 18.3 Å². The van der Waals surface area contributed by atoms with Crippen LogP contribution in [0.2, 0.25) is 0 Å². The van der Waals surface area contributed by atoms with Crippen LogP contribution in [0, 0.1) is 30.1 Å². The third kappa shape index (κ3) is 5.98. The van der Waals surface area contributed by atoms with Gasteiger partial charge in [-0.3, -0.25) is 4.79 Å². The molecule has 0 aliphatic rings. The Bertz CT molecular complexity index is 1190. The molecule has 0 fully saturated rings. The topological polar surface area (TPSA) is 74.5 Å². The number of hydrogen-bond acceptors (Lipinski definition) is 4. The molecule has 9 heteroatoms. The van der Waals surface area contributed by atoms with Crippen LogP contribution in [0.25, 0.3) is 0 Å². The Morgan fingerprint density at radius 3 is 2.45 bits per heavy atom. The molecule has 0 saturated carbocycles. The van der Waals surface area contributed by atoms with Crippen LogP contribution in [0.1, 0.15) is 27.0 Å². The van der Waals surface area contributed by atoms with Crippen molar-refractivity contribution in [1.82, 2.24) is 5.43 Å². The van der Waals surface area contributed by atoms with Crippen molar-refractivity contribution in [2.75, 3.05) is 0 Å². The molecule has 0 heterocycles. The molecule has 0 atom stereocenters. The highest BCUT2D eigenvalue weighted by Gasteiger charge is 2.12. The highest BCUT2D eigenvalue weighted by Crippen LogP contribution is 2.29. The zero-order chi connectivity index (χ0) is 22.4. The number of benzene rings is 3. The van der Waals surface area contributed by atoms with Crippen LogP contribution in [0.5, 0.6) is 5.75 Å². The molecule has 0 bridgehead atoms. The van der Waals surface area contributed by atoms with Gasteiger partial charge in [0.15, 0.2) is 0 Å². The van der Waals surface area contributed by atoms with Gasteiger partial charge in [0.05, 0.1) is 30.6 Å². The summed E-state index contributed by atoms with van der Waals surface area (Å²) in [4.78, 5) is 12.1.